The molecule has 0 spiro atoms. The number of nitrogens with zero attached hydrogens (tertiary/aromatic N) is 4. The lowest BCUT2D eigenvalue weighted by Crippen LogP contribution is -2.51. The number of nitrogens with one attached hydrogen (secondary N) is 1. The van der Waals surface area contributed by atoms with Crippen LogP contribution in [0.4, 0.5) is 0 Å². The SMILES string of the molecule is Cl.Cl.NCC1(NC(=O)c2ccnc(-n3cncn3)c2)CCCC1. The fourth-order valence-electron chi connectivity index (χ4n) is 2.76. The van der Waals surface area contributed by atoms with E-state index in [1.165, 1.54) is 11.0 Å². The monoisotopic (exact) mass is 358 g/mol. The van der Waals surface area contributed by atoms with Crippen LogP contribution in [0.1, 0.15) is 36.0 Å². The Balaban J connectivity index is 0.00000132. The van der Waals surface area contributed by atoms with E-state index in [1.807, 2.05) is 0 Å². The van der Waals surface area contributed by atoms with Crippen LogP contribution in [0.25, 0.3) is 5.82 Å². The van der Waals surface area contributed by atoms with Crippen molar-refractivity contribution in [2.75, 3.05) is 6.54 Å². The molecular weight excluding hydrogens is 339 g/mol. The molecule has 1 fully saturated rings. The van der Waals surface area contributed by atoms with Crippen molar-refractivity contribution >= 4 is 30.7 Å². The molecule has 0 radical (unpaired) electrons. The lowest BCUT2D eigenvalue weighted by Gasteiger charge is -2.28. The van der Waals surface area contributed by atoms with E-state index in [2.05, 4.69) is 20.4 Å². The second-order valence-electron chi connectivity index (χ2n) is 5.39. The van der Waals surface area contributed by atoms with E-state index in [1.54, 1.807) is 24.7 Å². The van der Waals surface area contributed by atoms with Gasteiger partial charge in [0.25, 0.3) is 5.91 Å². The van der Waals surface area contributed by atoms with E-state index < -0.39 is 0 Å². The Morgan fingerprint density at radius 3 is 2.70 bits per heavy atom. The van der Waals surface area contributed by atoms with Gasteiger partial charge in [-0.3, -0.25) is 4.79 Å². The number of nitrogens with two attached hydrogens (primary N) is 1. The van der Waals surface area contributed by atoms with Crippen molar-refractivity contribution in [3.05, 3.63) is 36.5 Å². The van der Waals surface area contributed by atoms with E-state index in [0.717, 1.165) is 25.7 Å². The molecule has 0 bridgehead atoms. The van der Waals surface area contributed by atoms with Crippen molar-refractivity contribution in [1.29, 1.82) is 0 Å². The minimum absolute atomic E-state index is 0. The van der Waals surface area contributed by atoms with Crippen LogP contribution < -0.4 is 11.1 Å². The molecule has 0 atom stereocenters. The summed E-state index contributed by atoms with van der Waals surface area (Å²) in [6.45, 7) is 0.472. The highest BCUT2D eigenvalue weighted by molar-refractivity contribution is 5.95. The summed E-state index contributed by atoms with van der Waals surface area (Å²) in [6, 6.07) is 3.39. The first kappa shape index (κ1) is 19.3. The van der Waals surface area contributed by atoms with Gasteiger partial charge in [-0.15, -0.1) is 24.8 Å². The van der Waals surface area contributed by atoms with Crippen LogP contribution >= 0.6 is 24.8 Å². The fraction of sp³-hybridized carbons (Fsp3) is 0.429. The number of hydrogen-bond donors (Lipinski definition) is 2. The lowest BCUT2D eigenvalue weighted by atomic mass is 9.97. The van der Waals surface area contributed by atoms with Crippen LogP contribution in [0.15, 0.2) is 31.0 Å². The third-order valence-electron chi connectivity index (χ3n) is 3.99. The summed E-state index contributed by atoms with van der Waals surface area (Å²) in [6.07, 6.45) is 8.66. The largest absolute Gasteiger partial charge is 0.345 e. The van der Waals surface area contributed by atoms with Gasteiger partial charge in [-0.25, -0.2) is 14.6 Å². The van der Waals surface area contributed by atoms with Gasteiger partial charge in [-0.2, -0.15) is 5.10 Å². The molecule has 1 saturated carbocycles. The zero-order valence-corrected chi connectivity index (χ0v) is 14.1. The van der Waals surface area contributed by atoms with Crippen molar-refractivity contribution < 1.29 is 4.79 Å². The van der Waals surface area contributed by atoms with Crippen LogP contribution in [0, 0.1) is 0 Å². The van der Waals surface area contributed by atoms with E-state index >= 15 is 0 Å². The Morgan fingerprint density at radius 1 is 1.35 bits per heavy atom. The summed E-state index contributed by atoms with van der Waals surface area (Å²) < 4.78 is 1.52. The van der Waals surface area contributed by atoms with E-state index in [4.69, 9.17) is 5.73 Å². The van der Waals surface area contributed by atoms with Crippen LogP contribution in [0.5, 0.6) is 0 Å². The number of carbonyl (C=O) groups excluding carboxylic acids is 1. The number of pyridine rings is 1. The maximum Gasteiger partial charge on any atom is 0.251 e. The van der Waals surface area contributed by atoms with Crippen LogP contribution in [0.3, 0.4) is 0 Å². The van der Waals surface area contributed by atoms with E-state index in [9.17, 15) is 4.79 Å². The summed E-state index contributed by atoms with van der Waals surface area (Å²) >= 11 is 0. The Morgan fingerprint density at radius 2 is 2.09 bits per heavy atom. The van der Waals surface area contributed by atoms with Gasteiger partial charge >= 0.3 is 0 Å². The predicted molar refractivity (Wildman–Crippen MR) is 91.4 cm³/mol. The van der Waals surface area contributed by atoms with Gasteiger partial charge in [-0.05, 0) is 25.0 Å². The summed E-state index contributed by atoms with van der Waals surface area (Å²) in [5.74, 6) is 0.444. The molecule has 2 aromatic heterocycles. The molecule has 1 amide bonds. The topological polar surface area (TPSA) is 98.7 Å². The highest BCUT2D eigenvalue weighted by Crippen LogP contribution is 2.28. The number of carbonyl (C=O) groups is 1. The average Bonchev–Trinajstić information content (AvgIpc) is 3.19. The Kier molecular flexibility index (Phi) is 6.93. The number of amides is 1. The highest BCUT2D eigenvalue weighted by atomic mass is 35.5. The molecule has 0 saturated heterocycles. The number of rotatable bonds is 4. The maximum absolute atomic E-state index is 12.4. The van der Waals surface area contributed by atoms with Crippen LogP contribution in [-0.4, -0.2) is 37.7 Å². The molecule has 23 heavy (non-hydrogen) atoms. The van der Waals surface area contributed by atoms with Crippen molar-refractivity contribution in [2.24, 2.45) is 5.73 Å². The number of hydrogen-bond acceptors (Lipinski definition) is 5. The fourth-order valence-corrected chi connectivity index (χ4v) is 2.76. The second-order valence-corrected chi connectivity index (χ2v) is 5.39. The highest BCUT2D eigenvalue weighted by Gasteiger charge is 2.34. The predicted octanol–water partition coefficient (Wildman–Crippen LogP) is 1.51. The van der Waals surface area contributed by atoms with Crippen molar-refractivity contribution in [1.82, 2.24) is 25.1 Å². The van der Waals surface area contributed by atoms with Crippen molar-refractivity contribution in [3.8, 4) is 5.82 Å². The zero-order chi connectivity index (χ0) is 14.7. The zero-order valence-electron chi connectivity index (χ0n) is 12.5. The van der Waals surface area contributed by atoms with Crippen LogP contribution in [-0.2, 0) is 0 Å². The normalized spacial score (nSPS) is 15.3. The first-order chi connectivity index (χ1) is 10.2. The minimum atomic E-state index is -0.256. The molecule has 1 aliphatic rings. The first-order valence-corrected chi connectivity index (χ1v) is 7.06. The third kappa shape index (κ3) is 4.19. The van der Waals surface area contributed by atoms with Gasteiger partial charge in [0, 0.05) is 18.3 Å². The maximum atomic E-state index is 12.4. The molecule has 3 rings (SSSR count). The molecule has 0 aromatic carbocycles. The molecular formula is C14H20Cl2N6O. The molecule has 2 aromatic rings. The third-order valence-corrected chi connectivity index (χ3v) is 3.99. The molecule has 9 heteroatoms. The summed E-state index contributed by atoms with van der Waals surface area (Å²) in [5.41, 5.74) is 6.15. The second kappa shape index (κ2) is 8.24. The summed E-state index contributed by atoms with van der Waals surface area (Å²) in [5, 5.41) is 7.11. The molecule has 0 aliphatic heterocycles. The van der Waals surface area contributed by atoms with Gasteiger partial charge < -0.3 is 11.1 Å². The van der Waals surface area contributed by atoms with Gasteiger partial charge in [-0.1, -0.05) is 12.8 Å². The average molecular weight is 359 g/mol. The molecule has 3 N–H and O–H groups in total. The number of aromatic nitrogens is 4. The minimum Gasteiger partial charge on any atom is -0.345 e. The van der Waals surface area contributed by atoms with Gasteiger partial charge in [0.15, 0.2) is 5.82 Å². The number of halogens is 2. The molecule has 7 nitrogen and oxygen atoms in total. The lowest BCUT2D eigenvalue weighted by molar-refractivity contribution is 0.0903. The Labute approximate surface area is 146 Å². The molecule has 126 valence electrons. The first-order valence-electron chi connectivity index (χ1n) is 7.06. The van der Waals surface area contributed by atoms with Gasteiger partial charge in [0.1, 0.15) is 12.7 Å². The summed E-state index contributed by atoms with van der Waals surface area (Å²) in [4.78, 5) is 20.5. The van der Waals surface area contributed by atoms with E-state index in [0.29, 0.717) is 17.9 Å². The standard InChI is InChI=1S/C14H18N6O.2ClH/c15-8-14(4-1-2-5-14)19-13(21)11-3-6-17-12(7-11)20-10-16-9-18-20;;/h3,6-7,9-10H,1-2,4-5,8,15H2,(H,19,21);2*1H. The van der Waals surface area contributed by atoms with E-state index in [-0.39, 0.29) is 36.3 Å². The Bertz CT molecular complexity index is 628. The summed E-state index contributed by atoms with van der Waals surface area (Å²) in [7, 11) is 0. The molecule has 0 unspecified atom stereocenters. The van der Waals surface area contributed by atoms with Gasteiger partial charge in [0.05, 0.1) is 5.54 Å². The van der Waals surface area contributed by atoms with Crippen molar-refractivity contribution in [3.63, 3.8) is 0 Å². The molecule has 1 aliphatic carbocycles. The smallest absolute Gasteiger partial charge is 0.251 e. The van der Waals surface area contributed by atoms with Gasteiger partial charge in [0.2, 0.25) is 0 Å². The molecule has 2 heterocycles. The van der Waals surface area contributed by atoms with Crippen LogP contribution in [0.2, 0.25) is 0 Å². The quantitative estimate of drug-likeness (QED) is 0.862. The Hall–Kier alpha value is -1.70. The van der Waals surface area contributed by atoms with Crippen molar-refractivity contribution in [2.45, 2.75) is 31.2 Å².